The number of aliphatic carboxylic acids is 1. The molecular weight excluding hydrogens is 253 g/mol. The summed E-state index contributed by atoms with van der Waals surface area (Å²) in [6.07, 6.45) is -0.0553. The number of carboxylic acids is 1. The highest BCUT2D eigenvalue weighted by molar-refractivity contribution is 5.91. The van der Waals surface area contributed by atoms with Crippen molar-refractivity contribution in [1.29, 1.82) is 0 Å². The smallest absolute Gasteiger partial charge is 0.329 e. The van der Waals surface area contributed by atoms with Crippen LogP contribution in [0.5, 0.6) is 5.75 Å². The minimum absolute atomic E-state index is 0.225. The van der Waals surface area contributed by atoms with Gasteiger partial charge in [-0.05, 0) is 31.9 Å². The zero-order valence-corrected chi connectivity index (χ0v) is 10.4. The van der Waals surface area contributed by atoms with E-state index in [9.17, 15) is 14.0 Å². The predicted octanol–water partition coefficient (Wildman–Crippen LogP) is 1.33. The van der Waals surface area contributed by atoms with E-state index < -0.39 is 29.3 Å². The summed E-state index contributed by atoms with van der Waals surface area (Å²) in [7, 11) is 0. The Morgan fingerprint density at radius 1 is 1.47 bits per heavy atom. The molecule has 19 heavy (non-hydrogen) atoms. The fourth-order valence-electron chi connectivity index (χ4n) is 1.65. The largest absolute Gasteiger partial charge is 0.481 e. The van der Waals surface area contributed by atoms with Crippen molar-refractivity contribution in [2.24, 2.45) is 0 Å². The number of carbonyl (C=O) groups excluding carboxylic acids is 1. The van der Waals surface area contributed by atoms with Gasteiger partial charge in [0.15, 0.2) is 6.10 Å². The summed E-state index contributed by atoms with van der Waals surface area (Å²) in [6, 6.07) is 5.42. The number of amides is 1. The van der Waals surface area contributed by atoms with Crippen LogP contribution in [-0.2, 0) is 9.59 Å². The lowest BCUT2D eigenvalue weighted by Gasteiger charge is -2.18. The highest BCUT2D eigenvalue weighted by Gasteiger charge is 2.52. The molecule has 1 aromatic carbocycles. The molecule has 2 rings (SSSR count). The van der Waals surface area contributed by atoms with E-state index in [1.54, 1.807) is 0 Å². The van der Waals surface area contributed by atoms with Gasteiger partial charge in [-0.3, -0.25) is 4.79 Å². The maximum absolute atomic E-state index is 12.9. The monoisotopic (exact) mass is 267 g/mol. The van der Waals surface area contributed by atoms with E-state index in [-0.39, 0.29) is 5.75 Å². The quantitative estimate of drug-likeness (QED) is 0.843. The van der Waals surface area contributed by atoms with Gasteiger partial charge in [0.05, 0.1) is 0 Å². The molecule has 1 aliphatic carbocycles. The molecule has 1 fully saturated rings. The normalized spacial score (nSPS) is 17.4. The highest BCUT2D eigenvalue weighted by Crippen LogP contribution is 2.35. The van der Waals surface area contributed by atoms with Crippen molar-refractivity contribution in [3.63, 3.8) is 0 Å². The first-order valence-corrected chi connectivity index (χ1v) is 5.91. The highest BCUT2D eigenvalue weighted by atomic mass is 19.1. The number of benzene rings is 1. The third-order valence-corrected chi connectivity index (χ3v) is 3.00. The molecule has 102 valence electrons. The average molecular weight is 267 g/mol. The molecule has 2 N–H and O–H groups in total. The Bertz CT molecular complexity index is 513. The molecule has 1 amide bonds. The Kier molecular flexibility index (Phi) is 3.42. The number of nitrogens with one attached hydrogen (secondary N) is 1. The molecule has 5 nitrogen and oxygen atoms in total. The van der Waals surface area contributed by atoms with Crippen molar-refractivity contribution in [3.05, 3.63) is 30.1 Å². The van der Waals surface area contributed by atoms with Crippen LogP contribution in [0.3, 0.4) is 0 Å². The van der Waals surface area contributed by atoms with E-state index in [4.69, 9.17) is 9.84 Å². The van der Waals surface area contributed by atoms with Gasteiger partial charge in [-0.25, -0.2) is 9.18 Å². The van der Waals surface area contributed by atoms with Crippen LogP contribution in [0.2, 0.25) is 0 Å². The molecule has 1 unspecified atom stereocenters. The Morgan fingerprint density at radius 2 is 2.16 bits per heavy atom. The van der Waals surface area contributed by atoms with Crippen LogP contribution in [-0.4, -0.2) is 28.6 Å². The Hall–Kier alpha value is -2.11. The van der Waals surface area contributed by atoms with Crippen molar-refractivity contribution < 1.29 is 23.8 Å². The lowest BCUT2D eigenvalue weighted by Crippen LogP contribution is -2.48. The molecule has 1 aliphatic rings. The lowest BCUT2D eigenvalue weighted by atomic mass is 10.2. The van der Waals surface area contributed by atoms with E-state index in [2.05, 4.69) is 5.32 Å². The van der Waals surface area contributed by atoms with Crippen molar-refractivity contribution in [2.45, 2.75) is 31.4 Å². The summed E-state index contributed by atoms with van der Waals surface area (Å²) in [6.45, 7) is 1.48. The molecule has 0 bridgehead atoms. The van der Waals surface area contributed by atoms with Gasteiger partial charge >= 0.3 is 5.97 Å². The fourth-order valence-corrected chi connectivity index (χ4v) is 1.65. The van der Waals surface area contributed by atoms with Crippen LogP contribution in [0.4, 0.5) is 4.39 Å². The van der Waals surface area contributed by atoms with Gasteiger partial charge in [0.25, 0.3) is 5.91 Å². The van der Waals surface area contributed by atoms with Gasteiger partial charge in [-0.15, -0.1) is 0 Å². The molecule has 1 aromatic rings. The third-order valence-electron chi connectivity index (χ3n) is 3.00. The summed E-state index contributed by atoms with van der Waals surface area (Å²) in [4.78, 5) is 22.7. The fraction of sp³-hybridized carbons (Fsp3) is 0.385. The van der Waals surface area contributed by atoms with Crippen LogP contribution >= 0.6 is 0 Å². The van der Waals surface area contributed by atoms with Crippen LogP contribution in [0.1, 0.15) is 19.8 Å². The zero-order valence-electron chi connectivity index (χ0n) is 10.4. The summed E-state index contributed by atoms with van der Waals surface area (Å²) in [5.74, 6) is -1.81. The molecule has 0 radical (unpaired) electrons. The summed E-state index contributed by atoms with van der Waals surface area (Å²) in [5.41, 5.74) is -1.14. The topological polar surface area (TPSA) is 75.6 Å². The second-order valence-electron chi connectivity index (χ2n) is 4.59. The van der Waals surface area contributed by atoms with Gasteiger partial charge < -0.3 is 15.2 Å². The lowest BCUT2D eigenvalue weighted by molar-refractivity contribution is -0.144. The standard InChI is InChI=1S/C13H14FNO4/c1-8(19-10-4-2-3-9(14)7-10)11(16)15-13(5-6-13)12(17)18/h2-4,7-8H,5-6H2,1H3,(H,15,16)(H,17,18). The number of halogens is 1. The molecule has 1 saturated carbocycles. The van der Waals surface area contributed by atoms with Crippen LogP contribution in [0.25, 0.3) is 0 Å². The zero-order chi connectivity index (χ0) is 14.0. The van der Waals surface area contributed by atoms with Crippen molar-refractivity contribution in [3.8, 4) is 5.75 Å². The number of carboxylic acid groups (broad SMARTS) is 1. The Labute approximate surface area is 109 Å². The Morgan fingerprint density at radius 3 is 2.68 bits per heavy atom. The maximum Gasteiger partial charge on any atom is 0.329 e. The summed E-state index contributed by atoms with van der Waals surface area (Å²) >= 11 is 0. The number of rotatable bonds is 5. The predicted molar refractivity (Wildman–Crippen MR) is 64.2 cm³/mol. The first kappa shape index (κ1) is 13.3. The minimum atomic E-state index is -1.14. The maximum atomic E-state index is 12.9. The van der Waals surface area contributed by atoms with E-state index >= 15 is 0 Å². The first-order valence-electron chi connectivity index (χ1n) is 5.91. The molecule has 1 atom stereocenters. The SMILES string of the molecule is CC(Oc1cccc(F)c1)C(=O)NC1(C(=O)O)CC1. The summed E-state index contributed by atoms with van der Waals surface area (Å²) < 4.78 is 18.2. The second-order valence-corrected chi connectivity index (χ2v) is 4.59. The molecule has 0 aliphatic heterocycles. The second kappa shape index (κ2) is 4.87. The van der Waals surface area contributed by atoms with Crippen molar-refractivity contribution in [1.82, 2.24) is 5.32 Å². The van der Waals surface area contributed by atoms with Gasteiger partial charge in [0.1, 0.15) is 17.1 Å². The van der Waals surface area contributed by atoms with Crippen molar-refractivity contribution >= 4 is 11.9 Å². The van der Waals surface area contributed by atoms with Gasteiger partial charge in [-0.2, -0.15) is 0 Å². The van der Waals surface area contributed by atoms with Crippen LogP contribution < -0.4 is 10.1 Å². The number of carbonyl (C=O) groups is 2. The minimum Gasteiger partial charge on any atom is -0.481 e. The Balaban J connectivity index is 1.95. The van der Waals surface area contributed by atoms with E-state index in [1.807, 2.05) is 0 Å². The molecule has 6 heteroatoms. The number of hydrogen-bond acceptors (Lipinski definition) is 3. The average Bonchev–Trinajstić information content (AvgIpc) is 3.10. The van der Waals surface area contributed by atoms with E-state index in [1.165, 1.54) is 25.1 Å². The molecule has 0 aromatic heterocycles. The van der Waals surface area contributed by atoms with Crippen LogP contribution in [0.15, 0.2) is 24.3 Å². The van der Waals surface area contributed by atoms with Crippen LogP contribution in [0, 0.1) is 5.82 Å². The summed E-state index contributed by atoms with van der Waals surface area (Å²) in [5, 5.41) is 11.4. The van der Waals surface area contributed by atoms with E-state index in [0.29, 0.717) is 12.8 Å². The molecule has 0 saturated heterocycles. The number of hydrogen-bond donors (Lipinski definition) is 2. The molecule has 0 heterocycles. The molecule has 0 spiro atoms. The molecular formula is C13H14FNO4. The van der Waals surface area contributed by atoms with E-state index in [0.717, 1.165) is 6.07 Å². The van der Waals surface area contributed by atoms with Gasteiger partial charge in [-0.1, -0.05) is 6.07 Å². The number of ether oxygens (including phenoxy) is 1. The van der Waals surface area contributed by atoms with Gasteiger partial charge in [0, 0.05) is 6.07 Å². The third kappa shape index (κ3) is 3.01. The van der Waals surface area contributed by atoms with Crippen molar-refractivity contribution in [2.75, 3.05) is 0 Å². The first-order chi connectivity index (χ1) is 8.93. The van der Waals surface area contributed by atoms with Gasteiger partial charge in [0.2, 0.25) is 0 Å².